The SMILES string of the molecule is CCCCCCCCN(C(=O)C(NC(=O)OC(C)(C)C)C(C)C)C(C(=O)Nc1ccccc1C)c1ccc(C)c(C)c1. The Morgan fingerprint density at radius 2 is 1.50 bits per heavy atom. The second-order valence-electron chi connectivity index (χ2n) is 12.7. The van der Waals surface area contributed by atoms with Crippen molar-refractivity contribution >= 4 is 23.6 Å². The molecule has 232 valence electrons. The molecule has 2 atom stereocenters. The maximum Gasteiger partial charge on any atom is 0.408 e. The van der Waals surface area contributed by atoms with E-state index in [2.05, 4.69) is 17.6 Å². The van der Waals surface area contributed by atoms with Crippen molar-refractivity contribution < 1.29 is 19.1 Å². The first kappa shape index (κ1) is 34.8. The summed E-state index contributed by atoms with van der Waals surface area (Å²) in [6.07, 6.45) is 5.62. The Morgan fingerprint density at radius 1 is 0.857 bits per heavy atom. The molecule has 3 amide bonds. The summed E-state index contributed by atoms with van der Waals surface area (Å²) in [7, 11) is 0. The Kier molecular flexibility index (Phi) is 13.5. The molecule has 0 aliphatic carbocycles. The van der Waals surface area contributed by atoms with Gasteiger partial charge in [0.1, 0.15) is 17.7 Å². The second-order valence-corrected chi connectivity index (χ2v) is 12.7. The van der Waals surface area contributed by atoms with Crippen LogP contribution in [-0.4, -0.2) is 41.0 Å². The van der Waals surface area contributed by atoms with E-state index in [1.807, 2.05) is 77.1 Å². The molecular formula is C35H53N3O4. The molecule has 2 aromatic carbocycles. The van der Waals surface area contributed by atoms with Crippen molar-refractivity contribution in [2.45, 2.75) is 119 Å². The standard InChI is InChI=1S/C35H53N3O4/c1-10-11-12-13-14-17-22-38(33(40)30(24(2)3)37-34(41)42-35(7,8)9)31(28-21-20-25(4)27(6)23-28)32(39)36-29-19-16-15-18-26(29)5/h15-16,18-21,23-24,30-31H,10-14,17,22H2,1-9H3,(H,36,39)(H,37,41). The minimum atomic E-state index is -0.881. The highest BCUT2D eigenvalue weighted by Gasteiger charge is 2.37. The van der Waals surface area contributed by atoms with Gasteiger partial charge >= 0.3 is 6.09 Å². The summed E-state index contributed by atoms with van der Waals surface area (Å²) in [4.78, 5) is 43.1. The molecule has 0 spiro atoms. The molecule has 42 heavy (non-hydrogen) atoms. The molecule has 2 aromatic rings. The summed E-state index contributed by atoms with van der Waals surface area (Å²) in [6, 6.07) is 11.8. The van der Waals surface area contributed by atoms with Crippen molar-refractivity contribution in [2.24, 2.45) is 5.92 Å². The number of alkyl carbamates (subject to hydrolysis) is 1. The van der Waals surface area contributed by atoms with E-state index in [0.29, 0.717) is 12.2 Å². The van der Waals surface area contributed by atoms with Crippen LogP contribution >= 0.6 is 0 Å². The zero-order valence-electron chi connectivity index (χ0n) is 27.3. The topological polar surface area (TPSA) is 87.7 Å². The van der Waals surface area contributed by atoms with Crippen molar-refractivity contribution in [1.82, 2.24) is 10.2 Å². The quantitative estimate of drug-likeness (QED) is 0.222. The van der Waals surface area contributed by atoms with E-state index in [-0.39, 0.29) is 17.7 Å². The van der Waals surface area contributed by atoms with Crippen LogP contribution in [-0.2, 0) is 14.3 Å². The number of benzene rings is 2. The molecule has 0 aliphatic heterocycles. The fourth-order valence-electron chi connectivity index (χ4n) is 4.88. The summed E-state index contributed by atoms with van der Waals surface area (Å²) in [5, 5.41) is 5.90. The number of hydrogen-bond acceptors (Lipinski definition) is 4. The van der Waals surface area contributed by atoms with E-state index in [9.17, 15) is 14.4 Å². The number of nitrogens with one attached hydrogen (secondary N) is 2. The number of carbonyl (C=O) groups excluding carboxylic acids is 3. The molecular weight excluding hydrogens is 526 g/mol. The van der Waals surface area contributed by atoms with Gasteiger partial charge in [0, 0.05) is 12.2 Å². The summed E-state index contributed by atoms with van der Waals surface area (Å²) in [5.41, 5.74) is 3.82. The molecule has 2 rings (SSSR count). The van der Waals surface area contributed by atoms with Gasteiger partial charge in [0.15, 0.2) is 0 Å². The number of rotatable bonds is 14. The molecule has 7 heteroatoms. The highest BCUT2D eigenvalue weighted by molar-refractivity contribution is 5.99. The largest absolute Gasteiger partial charge is 0.444 e. The third-order valence-electron chi connectivity index (χ3n) is 7.45. The number of amides is 3. The molecule has 0 saturated carbocycles. The molecule has 0 aromatic heterocycles. The predicted molar refractivity (Wildman–Crippen MR) is 172 cm³/mol. The number of aryl methyl sites for hydroxylation is 3. The molecule has 0 aliphatic rings. The molecule has 0 fully saturated rings. The van der Waals surface area contributed by atoms with Gasteiger partial charge in [-0.3, -0.25) is 9.59 Å². The number of carbonyl (C=O) groups is 3. The smallest absolute Gasteiger partial charge is 0.408 e. The Labute approximate surface area is 253 Å². The van der Waals surface area contributed by atoms with Crippen molar-refractivity contribution in [3.63, 3.8) is 0 Å². The van der Waals surface area contributed by atoms with Crippen LogP contribution in [0, 0.1) is 26.7 Å². The number of hydrogen-bond donors (Lipinski definition) is 2. The van der Waals surface area contributed by atoms with Crippen LogP contribution < -0.4 is 10.6 Å². The lowest BCUT2D eigenvalue weighted by Crippen LogP contribution is -2.54. The fourth-order valence-corrected chi connectivity index (χ4v) is 4.88. The van der Waals surface area contributed by atoms with Crippen molar-refractivity contribution in [1.29, 1.82) is 0 Å². The van der Waals surface area contributed by atoms with E-state index in [4.69, 9.17) is 4.74 Å². The summed E-state index contributed by atoms with van der Waals surface area (Å²) in [5.74, 6) is -0.809. The number of ether oxygens (including phenoxy) is 1. The van der Waals surface area contributed by atoms with Crippen LogP contribution in [0.5, 0.6) is 0 Å². The monoisotopic (exact) mass is 579 g/mol. The van der Waals surface area contributed by atoms with Gasteiger partial charge in [-0.2, -0.15) is 0 Å². The van der Waals surface area contributed by atoms with Gasteiger partial charge in [0.25, 0.3) is 5.91 Å². The maximum absolute atomic E-state index is 14.4. The lowest BCUT2D eigenvalue weighted by Gasteiger charge is -2.36. The van der Waals surface area contributed by atoms with Crippen LogP contribution in [0.2, 0.25) is 0 Å². The first-order chi connectivity index (χ1) is 19.7. The first-order valence-electron chi connectivity index (χ1n) is 15.5. The summed E-state index contributed by atoms with van der Waals surface area (Å²) < 4.78 is 5.50. The Bertz CT molecular complexity index is 1180. The molecule has 0 bridgehead atoms. The Balaban J connectivity index is 2.54. The van der Waals surface area contributed by atoms with Crippen LogP contribution in [0.1, 0.15) is 108 Å². The van der Waals surface area contributed by atoms with E-state index in [1.54, 1.807) is 25.7 Å². The molecule has 2 unspecified atom stereocenters. The van der Waals surface area contributed by atoms with Gasteiger partial charge in [0.05, 0.1) is 0 Å². The van der Waals surface area contributed by atoms with Gasteiger partial charge < -0.3 is 20.3 Å². The van der Waals surface area contributed by atoms with Crippen molar-refractivity contribution in [3.8, 4) is 0 Å². The van der Waals surface area contributed by atoms with Gasteiger partial charge in [-0.1, -0.05) is 89.3 Å². The molecule has 0 saturated heterocycles. The number of unbranched alkanes of at least 4 members (excludes halogenated alkanes) is 5. The van der Waals surface area contributed by atoms with Crippen molar-refractivity contribution in [2.75, 3.05) is 11.9 Å². The average Bonchev–Trinajstić information content (AvgIpc) is 2.90. The maximum atomic E-state index is 14.4. The lowest BCUT2D eigenvalue weighted by molar-refractivity contribution is -0.141. The molecule has 2 N–H and O–H groups in total. The Hall–Kier alpha value is -3.35. The summed E-state index contributed by atoms with van der Waals surface area (Å²) >= 11 is 0. The molecule has 0 radical (unpaired) electrons. The Morgan fingerprint density at radius 3 is 2.10 bits per heavy atom. The third kappa shape index (κ3) is 10.8. The van der Waals surface area contributed by atoms with Crippen LogP contribution in [0.3, 0.4) is 0 Å². The normalized spacial score (nSPS) is 12.9. The van der Waals surface area contributed by atoms with E-state index in [0.717, 1.165) is 54.4 Å². The predicted octanol–water partition coefficient (Wildman–Crippen LogP) is 8.03. The van der Waals surface area contributed by atoms with Gasteiger partial charge in [0.2, 0.25) is 5.91 Å². The third-order valence-corrected chi connectivity index (χ3v) is 7.45. The van der Waals surface area contributed by atoms with E-state index < -0.39 is 23.8 Å². The number of anilines is 1. The van der Waals surface area contributed by atoms with Crippen LogP contribution in [0.4, 0.5) is 10.5 Å². The van der Waals surface area contributed by atoms with Gasteiger partial charge in [-0.05, 0) is 82.2 Å². The molecule has 7 nitrogen and oxygen atoms in total. The zero-order chi connectivity index (χ0) is 31.4. The van der Waals surface area contributed by atoms with E-state index >= 15 is 0 Å². The lowest BCUT2D eigenvalue weighted by atomic mass is 9.96. The number of nitrogens with zero attached hydrogens (tertiary/aromatic N) is 1. The highest BCUT2D eigenvalue weighted by Crippen LogP contribution is 2.28. The van der Waals surface area contributed by atoms with Crippen molar-refractivity contribution in [3.05, 3.63) is 64.7 Å². The van der Waals surface area contributed by atoms with Crippen LogP contribution in [0.15, 0.2) is 42.5 Å². The minimum absolute atomic E-state index is 0.225. The summed E-state index contributed by atoms with van der Waals surface area (Å²) in [6.45, 7) is 17.7. The van der Waals surface area contributed by atoms with E-state index in [1.165, 1.54) is 6.42 Å². The highest BCUT2D eigenvalue weighted by atomic mass is 16.6. The zero-order valence-corrected chi connectivity index (χ0v) is 27.3. The number of para-hydroxylation sites is 1. The molecule has 0 heterocycles. The second kappa shape index (κ2) is 16.3. The minimum Gasteiger partial charge on any atom is -0.444 e. The van der Waals surface area contributed by atoms with Gasteiger partial charge in [-0.25, -0.2) is 4.79 Å². The van der Waals surface area contributed by atoms with Crippen LogP contribution in [0.25, 0.3) is 0 Å². The average molecular weight is 580 g/mol. The first-order valence-corrected chi connectivity index (χ1v) is 15.5. The fraction of sp³-hybridized carbons (Fsp3) is 0.571. The van der Waals surface area contributed by atoms with Gasteiger partial charge in [-0.15, -0.1) is 0 Å².